The second kappa shape index (κ2) is 7.39. The number of benzene rings is 2. The Labute approximate surface area is 159 Å². The van der Waals surface area contributed by atoms with Crippen molar-refractivity contribution in [1.82, 2.24) is 9.88 Å². The highest BCUT2D eigenvalue weighted by molar-refractivity contribution is 6.07. The lowest BCUT2D eigenvalue weighted by Crippen LogP contribution is -2.42. The number of methoxy groups -OCH3 is 1. The van der Waals surface area contributed by atoms with E-state index in [9.17, 15) is 4.79 Å². The number of likely N-dealkylation sites (tertiary alicyclic amines) is 1. The Morgan fingerprint density at radius 3 is 2.63 bits per heavy atom. The number of ether oxygens (including phenoxy) is 1. The number of aromatic nitrogens is 1. The summed E-state index contributed by atoms with van der Waals surface area (Å²) in [5.41, 5.74) is 3.37. The first-order valence-electron chi connectivity index (χ1n) is 9.52. The average molecular weight is 360 g/mol. The summed E-state index contributed by atoms with van der Waals surface area (Å²) in [5, 5.41) is 0.914. The zero-order valence-electron chi connectivity index (χ0n) is 15.8. The van der Waals surface area contributed by atoms with E-state index in [1.54, 1.807) is 7.11 Å². The van der Waals surface area contributed by atoms with Crippen molar-refractivity contribution in [2.75, 3.05) is 13.7 Å². The zero-order valence-corrected chi connectivity index (χ0v) is 15.8. The summed E-state index contributed by atoms with van der Waals surface area (Å²) in [7, 11) is 1.65. The monoisotopic (exact) mass is 360 g/mol. The van der Waals surface area contributed by atoms with E-state index in [0.29, 0.717) is 0 Å². The predicted octanol–water partition coefficient (Wildman–Crippen LogP) is 4.93. The predicted molar refractivity (Wildman–Crippen MR) is 108 cm³/mol. The molecule has 0 N–H and O–H groups in total. The van der Waals surface area contributed by atoms with Gasteiger partial charge in [-0.2, -0.15) is 0 Å². The molecular weight excluding hydrogens is 336 g/mol. The second-order valence-corrected chi connectivity index (χ2v) is 7.14. The van der Waals surface area contributed by atoms with Crippen molar-refractivity contribution in [2.45, 2.75) is 32.2 Å². The van der Waals surface area contributed by atoms with Gasteiger partial charge in [0, 0.05) is 23.5 Å². The van der Waals surface area contributed by atoms with E-state index in [1.165, 1.54) is 6.42 Å². The SMILES string of the molecule is COc1ccc(-c2cc(C(=O)N3CCCC[C@H]3C)c3ccccc3n2)cc1. The maximum absolute atomic E-state index is 13.4. The molecule has 0 saturated carbocycles. The largest absolute Gasteiger partial charge is 0.497 e. The molecule has 1 aromatic heterocycles. The molecule has 0 aliphatic carbocycles. The van der Waals surface area contributed by atoms with E-state index in [1.807, 2.05) is 59.5 Å². The molecule has 3 aromatic rings. The smallest absolute Gasteiger partial charge is 0.254 e. The number of pyridine rings is 1. The van der Waals surface area contributed by atoms with Crippen molar-refractivity contribution in [1.29, 1.82) is 0 Å². The van der Waals surface area contributed by atoms with Crippen molar-refractivity contribution in [3.05, 3.63) is 60.2 Å². The molecule has 4 nitrogen and oxygen atoms in total. The van der Waals surface area contributed by atoms with Crippen LogP contribution in [0, 0.1) is 0 Å². The highest BCUT2D eigenvalue weighted by Gasteiger charge is 2.26. The first-order chi connectivity index (χ1) is 13.2. The summed E-state index contributed by atoms with van der Waals surface area (Å²) in [6.07, 6.45) is 3.34. The zero-order chi connectivity index (χ0) is 18.8. The van der Waals surface area contributed by atoms with Gasteiger partial charge >= 0.3 is 0 Å². The third kappa shape index (κ3) is 3.39. The maximum atomic E-state index is 13.4. The number of amides is 1. The van der Waals surface area contributed by atoms with Crippen LogP contribution < -0.4 is 4.74 Å². The lowest BCUT2D eigenvalue weighted by molar-refractivity contribution is 0.0637. The van der Waals surface area contributed by atoms with Crippen LogP contribution in [0.15, 0.2) is 54.6 Å². The number of hydrogen-bond acceptors (Lipinski definition) is 3. The topological polar surface area (TPSA) is 42.4 Å². The van der Waals surface area contributed by atoms with Crippen molar-refractivity contribution in [3.8, 4) is 17.0 Å². The fourth-order valence-electron chi connectivity index (χ4n) is 3.82. The molecule has 0 spiro atoms. The number of carbonyl (C=O) groups is 1. The highest BCUT2D eigenvalue weighted by atomic mass is 16.5. The van der Waals surface area contributed by atoms with Crippen LogP contribution >= 0.6 is 0 Å². The number of piperidine rings is 1. The molecule has 1 atom stereocenters. The van der Waals surface area contributed by atoms with Gasteiger partial charge in [-0.1, -0.05) is 18.2 Å². The average Bonchev–Trinajstić information content (AvgIpc) is 2.73. The molecule has 2 aromatic carbocycles. The van der Waals surface area contributed by atoms with Gasteiger partial charge in [-0.15, -0.1) is 0 Å². The van der Waals surface area contributed by atoms with Gasteiger partial charge in [0.1, 0.15) is 5.75 Å². The van der Waals surface area contributed by atoms with Crippen molar-refractivity contribution >= 4 is 16.8 Å². The maximum Gasteiger partial charge on any atom is 0.254 e. The minimum absolute atomic E-state index is 0.107. The fraction of sp³-hybridized carbons (Fsp3) is 0.304. The molecule has 1 fully saturated rings. The van der Waals surface area contributed by atoms with Crippen LogP contribution in [0.5, 0.6) is 5.75 Å². The third-order valence-corrected chi connectivity index (χ3v) is 5.40. The molecule has 0 bridgehead atoms. The van der Waals surface area contributed by atoms with E-state index in [4.69, 9.17) is 9.72 Å². The number of nitrogens with zero attached hydrogens (tertiary/aromatic N) is 2. The van der Waals surface area contributed by atoms with Gasteiger partial charge in [0.05, 0.1) is 23.9 Å². The number of fused-ring (bicyclic) bond motifs is 1. The van der Waals surface area contributed by atoms with Crippen LogP contribution in [0.25, 0.3) is 22.2 Å². The van der Waals surface area contributed by atoms with Crippen molar-refractivity contribution in [2.24, 2.45) is 0 Å². The molecule has 1 aliphatic rings. The van der Waals surface area contributed by atoms with Crippen molar-refractivity contribution in [3.63, 3.8) is 0 Å². The van der Waals surface area contributed by atoms with Gasteiger partial charge in [-0.3, -0.25) is 4.79 Å². The summed E-state index contributed by atoms with van der Waals surface area (Å²) >= 11 is 0. The number of para-hydroxylation sites is 1. The Morgan fingerprint density at radius 1 is 1.11 bits per heavy atom. The van der Waals surface area contributed by atoms with Crippen LogP contribution in [0.4, 0.5) is 0 Å². The van der Waals surface area contributed by atoms with Crippen LogP contribution in [0.1, 0.15) is 36.5 Å². The molecule has 0 unspecified atom stereocenters. The first kappa shape index (κ1) is 17.5. The molecule has 138 valence electrons. The minimum atomic E-state index is 0.107. The van der Waals surface area contributed by atoms with E-state index >= 15 is 0 Å². The summed E-state index contributed by atoms with van der Waals surface area (Å²) < 4.78 is 5.25. The number of hydrogen-bond donors (Lipinski definition) is 0. The molecular formula is C23H24N2O2. The highest BCUT2D eigenvalue weighted by Crippen LogP contribution is 2.28. The van der Waals surface area contributed by atoms with E-state index < -0.39 is 0 Å². The first-order valence-corrected chi connectivity index (χ1v) is 9.52. The molecule has 4 heteroatoms. The Morgan fingerprint density at radius 2 is 1.89 bits per heavy atom. The minimum Gasteiger partial charge on any atom is -0.497 e. The van der Waals surface area contributed by atoms with Crippen molar-refractivity contribution < 1.29 is 9.53 Å². The lowest BCUT2D eigenvalue weighted by Gasteiger charge is -2.33. The molecule has 1 amide bonds. The van der Waals surface area contributed by atoms with Crippen LogP contribution in [-0.4, -0.2) is 35.5 Å². The number of rotatable bonds is 3. The van der Waals surface area contributed by atoms with Crippen LogP contribution in [0.3, 0.4) is 0 Å². The molecule has 27 heavy (non-hydrogen) atoms. The summed E-state index contributed by atoms with van der Waals surface area (Å²) in [6, 6.07) is 17.9. The van der Waals surface area contributed by atoms with E-state index in [0.717, 1.165) is 52.9 Å². The molecule has 1 saturated heterocycles. The Bertz CT molecular complexity index is 966. The summed E-state index contributed by atoms with van der Waals surface area (Å²) in [5.74, 6) is 0.911. The summed E-state index contributed by atoms with van der Waals surface area (Å²) in [6.45, 7) is 2.97. The van der Waals surface area contributed by atoms with E-state index in [2.05, 4.69) is 6.92 Å². The Kier molecular flexibility index (Phi) is 4.80. The van der Waals surface area contributed by atoms with Gasteiger partial charge < -0.3 is 9.64 Å². The van der Waals surface area contributed by atoms with Gasteiger partial charge in [-0.05, 0) is 62.6 Å². The normalized spacial score (nSPS) is 17.1. The van der Waals surface area contributed by atoms with Gasteiger partial charge in [0.15, 0.2) is 0 Å². The molecule has 2 heterocycles. The Balaban J connectivity index is 1.82. The second-order valence-electron chi connectivity index (χ2n) is 7.14. The Hall–Kier alpha value is -2.88. The fourth-order valence-corrected chi connectivity index (χ4v) is 3.82. The quantitative estimate of drug-likeness (QED) is 0.665. The summed E-state index contributed by atoms with van der Waals surface area (Å²) in [4.78, 5) is 20.2. The molecule has 1 aliphatic heterocycles. The van der Waals surface area contributed by atoms with E-state index in [-0.39, 0.29) is 11.9 Å². The lowest BCUT2D eigenvalue weighted by atomic mass is 9.99. The third-order valence-electron chi connectivity index (χ3n) is 5.40. The van der Waals surface area contributed by atoms with Gasteiger partial charge in [0.25, 0.3) is 5.91 Å². The molecule has 0 radical (unpaired) electrons. The van der Waals surface area contributed by atoms with Gasteiger partial charge in [0.2, 0.25) is 0 Å². The van der Waals surface area contributed by atoms with Gasteiger partial charge in [-0.25, -0.2) is 4.98 Å². The van der Waals surface area contributed by atoms with Crippen LogP contribution in [0.2, 0.25) is 0 Å². The standard InChI is InChI=1S/C23H24N2O2/c1-16-7-5-6-14-25(16)23(26)20-15-22(17-10-12-18(27-2)13-11-17)24-21-9-4-3-8-19(20)21/h3-4,8-13,15-16H,5-7,14H2,1-2H3/t16-/m1/s1. The molecule has 4 rings (SSSR count). The number of carbonyl (C=O) groups excluding carboxylic acids is 1. The van der Waals surface area contributed by atoms with Crippen LogP contribution in [-0.2, 0) is 0 Å².